The molecule has 0 heterocycles. The van der Waals surface area contributed by atoms with E-state index in [1.165, 1.54) is 103 Å². The molecule has 9 heteroatoms. The fourth-order valence-electron chi connectivity index (χ4n) is 5.29. The molecule has 288 valence electrons. The Hall–Kier alpha value is -2.25. The number of ether oxygens (including phenoxy) is 2. The van der Waals surface area contributed by atoms with Gasteiger partial charge in [0.1, 0.15) is 6.61 Å². The predicted octanol–water partition coefficient (Wildman–Crippen LogP) is 11.7. The summed E-state index contributed by atoms with van der Waals surface area (Å²) < 4.78 is 26.2. The van der Waals surface area contributed by atoms with Crippen LogP contribution in [0.4, 0.5) is 0 Å². The standard InChI is InChI=1S/C41H71O8P/c1-3-5-7-9-11-13-15-17-18-19-20-21-22-24-25-27-29-31-33-35-40(42)47-37-39(38-48-50(44,45)46)49-41(43)36-34-32-30-28-26-23-16-14-12-10-8-6-4-2/h6,8,10,12,14,16,23,26,28,30,39H,3-5,7,9,11,13,15,17-22,24-25,27,29,31-38H2,1-2H3,(H2,44,45,46)/b8-6+,12-10+,16-14+,26-23+,30-28+. The van der Waals surface area contributed by atoms with Crippen LogP contribution in [0, 0.1) is 0 Å². The normalized spacial score (nSPS) is 13.1. The molecule has 0 aromatic carbocycles. The highest BCUT2D eigenvalue weighted by atomic mass is 31.2. The zero-order chi connectivity index (χ0) is 36.8. The van der Waals surface area contributed by atoms with Gasteiger partial charge in [0.15, 0.2) is 6.10 Å². The summed E-state index contributed by atoms with van der Waals surface area (Å²) in [7, 11) is -4.77. The van der Waals surface area contributed by atoms with Gasteiger partial charge in [-0.3, -0.25) is 14.1 Å². The maximum absolute atomic E-state index is 12.3. The molecule has 0 fully saturated rings. The van der Waals surface area contributed by atoms with Gasteiger partial charge in [-0.15, -0.1) is 0 Å². The van der Waals surface area contributed by atoms with Crippen LogP contribution < -0.4 is 0 Å². The lowest BCUT2D eigenvalue weighted by atomic mass is 10.0. The molecule has 0 rings (SSSR count). The summed E-state index contributed by atoms with van der Waals surface area (Å²) in [5.41, 5.74) is 0. The summed E-state index contributed by atoms with van der Waals surface area (Å²) in [5.74, 6) is -0.971. The van der Waals surface area contributed by atoms with E-state index in [0.717, 1.165) is 19.3 Å². The molecule has 0 spiro atoms. The molecule has 0 aliphatic carbocycles. The van der Waals surface area contributed by atoms with Crippen LogP contribution in [0.5, 0.6) is 0 Å². The second kappa shape index (κ2) is 36.5. The molecule has 8 nitrogen and oxygen atoms in total. The van der Waals surface area contributed by atoms with Gasteiger partial charge in [-0.05, 0) is 25.7 Å². The van der Waals surface area contributed by atoms with Crippen molar-refractivity contribution in [3.05, 3.63) is 60.8 Å². The molecule has 0 aliphatic rings. The van der Waals surface area contributed by atoms with Crippen LogP contribution in [0.3, 0.4) is 0 Å². The van der Waals surface area contributed by atoms with E-state index < -0.39 is 32.5 Å². The Bertz CT molecular complexity index is 995. The first-order valence-corrected chi connectivity index (χ1v) is 21.2. The number of carbonyl (C=O) groups excluding carboxylic acids is 2. The van der Waals surface area contributed by atoms with Crippen LogP contribution in [0.15, 0.2) is 60.8 Å². The largest absolute Gasteiger partial charge is 0.469 e. The monoisotopic (exact) mass is 722 g/mol. The van der Waals surface area contributed by atoms with E-state index in [0.29, 0.717) is 19.3 Å². The van der Waals surface area contributed by atoms with Crippen molar-refractivity contribution in [2.45, 2.75) is 174 Å². The minimum atomic E-state index is -4.77. The van der Waals surface area contributed by atoms with E-state index in [4.69, 9.17) is 19.3 Å². The Morgan fingerprint density at radius 2 is 0.960 bits per heavy atom. The number of phosphoric ester groups is 1. The van der Waals surface area contributed by atoms with Gasteiger partial charge in [-0.1, -0.05) is 190 Å². The Kier molecular flexibility index (Phi) is 34.9. The highest BCUT2D eigenvalue weighted by Crippen LogP contribution is 2.36. The lowest BCUT2D eigenvalue weighted by Gasteiger charge is -2.18. The Balaban J connectivity index is 3.98. The highest BCUT2D eigenvalue weighted by Gasteiger charge is 2.22. The predicted molar refractivity (Wildman–Crippen MR) is 207 cm³/mol. The number of rotatable bonds is 35. The summed E-state index contributed by atoms with van der Waals surface area (Å²) in [6.07, 6.45) is 45.3. The molecule has 0 saturated heterocycles. The van der Waals surface area contributed by atoms with Gasteiger partial charge in [0.2, 0.25) is 0 Å². The number of hydrogen-bond acceptors (Lipinski definition) is 6. The summed E-state index contributed by atoms with van der Waals surface area (Å²) in [6.45, 7) is 3.48. The first-order valence-electron chi connectivity index (χ1n) is 19.6. The van der Waals surface area contributed by atoms with Crippen LogP contribution in [-0.4, -0.2) is 41.0 Å². The molecule has 1 unspecified atom stereocenters. The lowest BCUT2D eigenvalue weighted by Crippen LogP contribution is -2.29. The average Bonchev–Trinajstić information content (AvgIpc) is 3.08. The van der Waals surface area contributed by atoms with Crippen molar-refractivity contribution >= 4 is 19.8 Å². The molecule has 0 aromatic rings. The van der Waals surface area contributed by atoms with Gasteiger partial charge < -0.3 is 19.3 Å². The molecule has 1 atom stereocenters. The van der Waals surface area contributed by atoms with Crippen molar-refractivity contribution in [1.82, 2.24) is 0 Å². The SMILES string of the molecule is CC/C=C/C=C/C=C/C=C/C=C/CCCC(=O)OC(COC(=O)CCCCCCCCCCCCCCCCCCCCC)COP(=O)(O)O. The molecule has 50 heavy (non-hydrogen) atoms. The molecule has 0 radical (unpaired) electrons. The molecule has 0 bridgehead atoms. The second-order valence-electron chi connectivity index (χ2n) is 13.0. The highest BCUT2D eigenvalue weighted by molar-refractivity contribution is 7.46. The van der Waals surface area contributed by atoms with E-state index in [1.807, 2.05) is 54.7 Å². The summed E-state index contributed by atoms with van der Waals surface area (Å²) in [4.78, 5) is 42.7. The number of carbonyl (C=O) groups is 2. The number of hydrogen-bond donors (Lipinski definition) is 2. The molecule has 0 aromatic heterocycles. The molecule has 0 aliphatic heterocycles. The van der Waals surface area contributed by atoms with E-state index in [-0.39, 0.29) is 19.4 Å². The molecular formula is C41H71O8P. The number of allylic oxidation sites excluding steroid dienone is 10. The van der Waals surface area contributed by atoms with Crippen molar-refractivity contribution in [2.24, 2.45) is 0 Å². The summed E-state index contributed by atoms with van der Waals surface area (Å²) in [5, 5.41) is 0. The first kappa shape index (κ1) is 47.8. The van der Waals surface area contributed by atoms with Gasteiger partial charge in [-0.2, -0.15) is 0 Å². The second-order valence-corrected chi connectivity index (χ2v) is 14.2. The third-order valence-electron chi connectivity index (χ3n) is 8.18. The fraction of sp³-hybridized carbons (Fsp3) is 0.707. The lowest BCUT2D eigenvalue weighted by molar-refractivity contribution is -0.161. The zero-order valence-corrected chi connectivity index (χ0v) is 32.4. The minimum absolute atomic E-state index is 0.115. The minimum Gasteiger partial charge on any atom is -0.462 e. The van der Waals surface area contributed by atoms with Gasteiger partial charge in [0.25, 0.3) is 0 Å². The molecule has 0 saturated carbocycles. The van der Waals surface area contributed by atoms with Crippen LogP contribution in [0.25, 0.3) is 0 Å². The molecular weight excluding hydrogens is 651 g/mol. The van der Waals surface area contributed by atoms with Gasteiger partial charge in [0.05, 0.1) is 6.61 Å². The van der Waals surface area contributed by atoms with Crippen molar-refractivity contribution in [1.29, 1.82) is 0 Å². The number of esters is 2. The summed E-state index contributed by atoms with van der Waals surface area (Å²) in [6, 6.07) is 0. The maximum Gasteiger partial charge on any atom is 0.469 e. The van der Waals surface area contributed by atoms with Crippen LogP contribution in [-0.2, 0) is 28.2 Å². The van der Waals surface area contributed by atoms with Crippen molar-refractivity contribution < 1.29 is 37.9 Å². The Morgan fingerprint density at radius 1 is 0.540 bits per heavy atom. The Morgan fingerprint density at radius 3 is 1.42 bits per heavy atom. The third kappa shape index (κ3) is 38.6. The average molecular weight is 723 g/mol. The van der Waals surface area contributed by atoms with Crippen LogP contribution >= 0.6 is 7.82 Å². The third-order valence-corrected chi connectivity index (χ3v) is 8.66. The van der Waals surface area contributed by atoms with Crippen molar-refractivity contribution in [2.75, 3.05) is 13.2 Å². The van der Waals surface area contributed by atoms with Crippen LogP contribution in [0.1, 0.15) is 168 Å². The summed E-state index contributed by atoms with van der Waals surface area (Å²) >= 11 is 0. The Labute approximate surface area is 305 Å². The molecule has 0 amide bonds. The first-order chi connectivity index (χ1) is 24.3. The van der Waals surface area contributed by atoms with E-state index in [2.05, 4.69) is 24.4 Å². The van der Waals surface area contributed by atoms with E-state index in [1.54, 1.807) is 0 Å². The van der Waals surface area contributed by atoms with Crippen molar-refractivity contribution in [3.63, 3.8) is 0 Å². The number of phosphoric acid groups is 1. The maximum atomic E-state index is 12.3. The topological polar surface area (TPSA) is 119 Å². The number of unbranched alkanes of at least 4 members (excludes halogenated alkanes) is 19. The molecule has 2 N–H and O–H groups in total. The fourth-order valence-corrected chi connectivity index (χ4v) is 5.65. The van der Waals surface area contributed by atoms with E-state index >= 15 is 0 Å². The smallest absolute Gasteiger partial charge is 0.462 e. The van der Waals surface area contributed by atoms with Gasteiger partial charge >= 0.3 is 19.8 Å². The quantitative estimate of drug-likeness (QED) is 0.0287. The van der Waals surface area contributed by atoms with Gasteiger partial charge in [-0.25, -0.2) is 4.57 Å². The van der Waals surface area contributed by atoms with E-state index in [9.17, 15) is 14.2 Å². The van der Waals surface area contributed by atoms with Gasteiger partial charge in [0, 0.05) is 12.8 Å². The van der Waals surface area contributed by atoms with Crippen LogP contribution in [0.2, 0.25) is 0 Å². The van der Waals surface area contributed by atoms with Crippen molar-refractivity contribution in [3.8, 4) is 0 Å². The zero-order valence-electron chi connectivity index (χ0n) is 31.5.